The number of hydrogen-bond donors (Lipinski definition) is 0. The molecule has 8 aromatic carbocycles. The molecule has 0 spiro atoms. The van der Waals surface area contributed by atoms with Gasteiger partial charge in [0.05, 0.1) is 5.69 Å². The summed E-state index contributed by atoms with van der Waals surface area (Å²) in [4.78, 5) is 4.92. The van der Waals surface area contributed by atoms with Gasteiger partial charge in [0.15, 0.2) is 0 Å². The minimum Gasteiger partial charge on any atom is -0.310 e. The summed E-state index contributed by atoms with van der Waals surface area (Å²) in [5.74, 6) is 0. The molecule has 55 heavy (non-hydrogen) atoms. The molecule has 0 aromatic heterocycles. The lowest BCUT2D eigenvalue weighted by molar-refractivity contribution is 0.660. The van der Waals surface area contributed by atoms with Gasteiger partial charge >= 0.3 is 0 Å². The van der Waals surface area contributed by atoms with Crippen molar-refractivity contribution >= 4 is 57.0 Å². The van der Waals surface area contributed by atoms with Gasteiger partial charge in [0.25, 0.3) is 0 Å². The van der Waals surface area contributed by atoms with Gasteiger partial charge in [-0.1, -0.05) is 153 Å². The van der Waals surface area contributed by atoms with Gasteiger partial charge in [-0.25, -0.2) is 0 Å². The van der Waals surface area contributed by atoms with Crippen molar-refractivity contribution in [2.24, 2.45) is 0 Å². The summed E-state index contributed by atoms with van der Waals surface area (Å²) in [6.07, 6.45) is 6.50. The number of fused-ring (bicyclic) bond motifs is 8. The zero-order valence-corrected chi connectivity index (χ0v) is 31.1. The monoisotopic (exact) mass is 704 g/mol. The van der Waals surface area contributed by atoms with Crippen molar-refractivity contribution in [2.75, 3.05) is 9.80 Å². The first-order valence-electron chi connectivity index (χ1n) is 19.4. The maximum absolute atomic E-state index is 2.46. The second-order valence-corrected chi connectivity index (χ2v) is 15.8. The lowest BCUT2D eigenvalue weighted by Crippen LogP contribution is -2.20. The van der Waals surface area contributed by atoms with Gasteiger partial charge in [0, 0.05) is 52.1 Å². The van der Waals surface area contributed by atoms with Crippen LogP contribution in [0.3, 0.4) is 0 Å². The molecule has 0 saturated carbocycles. The van der Waals surface area contributed by atoms with Crippen LogP contribution in [0, 0.1) is 0 Å². The predicted octanol–water partition coefficient (Wildman–Crippen LogP) is 14.1. The van der Waals surface area contributed by atoms with E-state index in [9.17, 15) is 0 Å². The van der Waals surface area contributed by atoms with Crippen LogP contribution in [0.1, 0.15) is 58.4 Å². The summed E-state index contributed by atoms with van der Waals surface area (Å²) in [6, 6.07) is 62.9. The van der Waals surface area contributed by atoms with Crippen LogP contribution >= 0.6 is 0 Å². The van der Waals surface area contributed by atoms with Gasteiger partial charge in [0.2, 0.25) is 0 Å². The molecule has 0 bridgehead atoms. The molecule has 0 amide bonds. The molecule has 2 aliphatic heterocycles. The normalized spacial score (nSPS) is 14.6. The highest BCUT2D eigenvalue weighted by Crippen LogP contribution is 2.52. The van der Waals surface area contributed by atoms with E-state index in [2.05, 4.69) is 206 Å². The van der Waals surface area contributed by atoms with Gasteiger partial charge in [-0.15, -0.1) is 0 Å². The second-order valence-electron chi connectivity index (χ2n) is 15.8. The lowest BCUT2D eigenvalue weighted by Gasteiger charge is -2.34. The average molecular weight is 705 g/mol. The summed E-state index contributed by atoms with van der Waals surface area (Å²) < 4.78 is 0. The molecule has 8 aromatic rings. The van der Waals surface area contributed by atoms with Gasteiger partial charge in [0.1, 0.15) is 0 Å². The van der Waals surface area contributed by atoms with Crippen molar-refractivity contribution in [2.45, 2.75) is 32.1 Å². The number of anilines is 6. The molecule has 0 radical (unpaired) electrons. The maximum atomic E-state index is 2.46. The fourth-order valence-electron chi connectivity index (χ4n) is 9.54. The minimum atomic E-state index is -0.144. The molecule has 1 aliphatic carbocycles. The van der Waals surface area contributed by atoms with E-state index in [1.54, 1.807) is 0 Å². The molecular formula is C53H40N2. The van der Waals surface area contributed by atoms with E-state index in [0.717, 1.165) is 12.8 Å². The van der Waals surface area contributed by atoms with E-state index in [0.29, 0.717) is 0 Å². The molecule has 2 nitrogen and oxygen atoms in total. The quantitative estimate of drug-likeness (QED) is 0.168. The average Bonchev–Trinajstić information content (AvgIpc) is 3.45. The van der Waals surface area contributed by atoms with Gasteiger partial charge in [-0.2, -0.15) is 0 Å². The highest BCUT2D eigenvalue weighted by Gasteiger charge is 2.36. The standard InChI is InChI=1S/C53H40N2/c1-53(2)46-31-35(24-28-43(46)44-29-27-41(34-47(44)53)54-48-19-9-3-13-37(48)32-38-14-4-10-20-49(38)54)23-25-36-26-30-52(45-18-8-7-17-42(36)45)55-50-21-11-5-15-39(50)33-40-16-6-12-22-51(40)55/h3-31,34H,32-33H2,1-2H3/b25-23+. The number of para-hydroxylation sites is 4. The summed E-state index contributed by atoms with van der Waals surface area (Å²) in [7, 11) is 0. The Morgan fingerprint density at radius 1 is 0.418 bits per heavy atom. The number of nitrogens with zero attached hydrogens (tertiary/aromatic N) is 2. The van der Waals surface area contributed by atoms with Crippen LogP contribution in [0.4, 0.5) is 34.1 Å². The fraction of sp³-hybridized carbons (Fsp3) is 0.0943. The Kier molecular flexibility index (Phi) is 7.06. The molecule has 0 unspecified atom stereocenters. The van der Waals surface area contributed by atoms with Crippen LogP contribution < -0.4 is 9.80 Å². The third-order valence-corrected chi connectivity index (χ3v) is 12.3. The minimum absolute atomic E-state index is 0.144. The van der Waals surface area contributed by atoms with E-state index >= 15 is 0 Å². The Bertz CT molecular complexity index is 2780. The van der Waals surface area contributed by atoms with Gasteiger partial charge in [-0.3, -0.25) is 0 Å². The smallest absolute Gasteiger partial charge is 0.0540 e. The van der Waals surface area contributed by atoms with E-state index in [1.807, 2.05) is 0 Å². The Morgan fingerprint density at radius 3 is 1.51 bits per heavy atom. The van der Waals surface area contributed by atoms with Crippen molar-refractivity contribution in [1.82, 2.24) is 0 Å². The highest BCUT2D eigenvalue weighted by atomic mass is 15.2. The molecule has 0 atom stereocenters. The van der Waals surface area contributed by atoms with E-state index in [1.165, 1.54) is 101 Å². The second kappa shape index (κ2) is 12.2. The third-order valence-electron chi connectivity index (χ3n) is 12.3. The molecule has 2 heterocycles. The first-order valence-corrected chi connectivity index (χ1v) is 19.4. The topological polar surface area (TPSA) is 6.48 Å². The molecule has 2 heteroatoms. The van der Waals surface area contributed by atoms with Crippen molar-refractivity contribution in [3.05, 3.63) is 214 Å². The van der Waals surface area contributed by atoms with Crippen LogP contribution in [0.5, 0.6) is 0 Å². The Balaban J connectivity index is 0.949. The summed E-state index contributed by atoms with van der Waals surface area (Å²) in [6.45, 7) is 4.77. The number of hydrogen-bond acceptors (Lipinski definition) is 2. The molecule has 0 saturated heterocycles. The van der Waals surface area contributed by atoms with Crippen LogP contribution in [0.15, 0.2) is 170 Å². The van der Waals surface area contributed by atoms with E-state index in [-0.39, 0.29) is 5.41 Å². The third kappa shape index (κ3) is 4.95. The summed E-state index contributed by atoms with van der Waals surface area (Å²) in [5.41, 5.74) is 20.6. The van der Waals surface area contributed by atoms with Crippen LogP contribution in [-0.2, 0) is 18.3 Å². The fourth-order valence-corrected chi connectivity index (χ4v) is 9.54. The SMILES string of the molecule is CC1(C)c2cc(/C=C/c3ccc(N4c5ccccc5Cc5ccccc54)c4ccccc34)ccc2-c2ccc(N3c4ccccc4Cc4ccccc43)cc21. The zero-order valence-electron chi connectivity index (χ0n) is 31.1. The highest BCUT2D eigenvalue weighted by molar-refractivity contribution is 6.04. The Labute approximate surface area is 323 Å². The predicted molar refractivity (Wildman–Crippen MR) is 232 cm³/mol. The van der Waals surface area contributed by atoms with Crippen LogP contribution in [0.25, 0.3) is 34.1 Å². The van der Waals surface area contributed by atoms with Crippen molar-refractivity contribution in [1.29, 1.82) is 0 Å². The Morgan fingerprint density at radius 2 is 0.909 bits per heavy atom. The van der Waals surface area contributed by atoms with Crippen molar-refractivity contribution in [3.8, 4) is 11.1 Å². The number of rotatable bonds is 4. The molecule has 262 valence electrons. The largest absolute Gasteiger partial charge is 0.310 e. The first kappa shape index (κ1) is 31.8. The van der Waals surface area contributed by atoms with Crippen LogP contribution in [-0.4, -0.2) is 0 Å². The van der Waals surface area contributed by atoms with Crippen molar-refractivity contribution < 1.29 is 0 Å². The molecule has 0 fully saturated rings. The molecule has 3 aliphatic rings. The van der Waals surface area contributed by atoms with Crippen LogP contribution in [0.2, 0.25) is 0 Å². The Hall–Kier alpha value is -6.64. The molecule has 11 rings (SSSR count). The van der Waals surface area contributed by atoms with Crippen molar-refractivity contribution in [3.63, 3.8) is 0 Å². The zero-order chi connectivity index (χ0) is 36.7. The molecular weight excluding hydrogens is 665 g/mol. The molecule has 0 N–H and O–H groups in total. The van der Waals surface area contributed by atoms with E-state index < -0.39 is 0 Å². The number of benzene rings is 8. The first-order chi connectivity index (χ1) is 27.0. The van der Waals surface area contributed by atoms with E-state index in [4.69, 9.17) is 0 Å². The lowest BCUT2D eigenvalue weighted by atomic mass is 9.81. The van der Waals surface area contributed by atoms with Gasteiger partial charge < -0.3 is 9.80 Å². The summed E-state index contributed by atoms with van der Waals surface area (Å²) in [5, 5.41) is 2.50. The summed E-state index contributed by atoms with van der Waals surface area (Å²) >= 11 is 0. The maximum Gasteiger partial charge on any atom is 0.0540 e. The van der Waals surface area contributed by atoms with Gasteiger partial charge in [-0.05, 0) is 103 Å².